The van der Waals surface area contributed by atoms with Crippen LogP contribution < -0.4 is 10.1 Å². The number of ether oxygens (including phenoxy) is 1. The average molecular weight is 388 g/mol. The number of rotatable bonds is 5. The minimum absolute atomic E-state index is 0.0463. The predicted octanol–water partition coefficient (Wildman–Crippen LogP) is 3.95. The van der Waals surface area contributed by atoms with Crippen molar-refractivity contribution >= 4 is 17.7 Å². The molecule has 1 N–H and O–H groups in total. The van der Waals surface area contributed by atoms with Crippen molar-refractivity contribution in [3.63, 3.8) is 0 Å². The van der Waals surface area contributed by atoms with Gasteiger partial charge in [0.2, 0.25) is 5.91 Å². The Morgan fingerprint density at radius 3 is 2.68 bits per heavy atom. The molecule has 0 bridgehead atoms. The number of benzene rings is 2. The number of hydrogen-bond acceptors (Lipinski definition) is 4. The van der Waals surface area contributed by atoms with Crippen molar-refractivity contribution in [2.45, 2.75) is 6.18 Å². The van der Waals surface area contributed by atoms with Gasteiger partial charge in [-0.3, -0.25) is 4.79 Å². The Morgan fingerprint density at radius 2 is 2.00 bits per heavy atom. The largest absolute Gasteiger partial charge is 0.496 e. The first-order valence-corrected chi connectivity index (χ1v) is 8.07. The second-order valence-corrected chi connectivity index (χ2v) is 5.63. The predicted molar refractivity (Wildman–Crippen MR) is 97.0 cm³/mol. The van der Waals surface area contributed by atoms with Gasteiger partial charge in [0.1, 0.15) is 18.4 Å². The molecular weight excluding hydrogens is 373 g/mol. The second-order valence-electron chi connectivity index (χ2n) is 5.63. The van der Waals surface area contributed by atoms with Gasteiger partial charge in [-0.15, -0.1) is 0 Å². The van der Waals surface area contributed by atoms with Crippen LogP contribution in [0.15, 0.2) is 61.2 Å². The molecule has 0 saturated heterocycles. The summed E-state index contributed by atoms with van der Waals surface area (Å²) in [6, 6.07) is 10.0. The van der Waals surface area contributed by atoms with Gasteiger partial charge in [0.05, 0.1) is 24.0 Å². The lowest BCUT2D eigenvalue weighted by Crippen LogP contribution is -2.13. The van der Waals surface area contributed by atoms with E-state index in [1.807, 2.05) is 0 Å². The number of para-hydroxylation sites is 1. The van der Waals surface area contributed by atoms with Crippen LogP contribution in [-0.2, 0) is 11.0 Å². The van der Waals surface area contributed by atoms with E-state index in [4.69, 9.17) is 4.74 Å². The highest BCUT2D eigenvalue weighted by atomic mass is 19.4. The van der Waals surface area contributed by atoms with Gasteiger partial charge < -0.3 is 10.1 Å². The molecule has 0 radical (unpaired) electrons. The number of carbonyl (C=O) groups is 1. The highest BCUT2D eigenvalue weighted by Gasteiger charge is 2.31. The van der Waals surface area contributed by atoms with Crippen LogP contribution in [0.1, 0.15) is 11.1 Å². The molecule has 0 aliphatic heterocycles. The minimum atomic E-state index is -4.55. The standard InChI is InChI=1S/C19H15F3N4O2/c1-28-17-5-3-2-4-13(17)6-9-18(27)25-15-10-14(19(20,21)22)7-8-16(15)26-12-23-11-24-26/h2-12H,1H3,(H,25,27). The molecule has 28 heavy (non-hydrogen) atoms. The SMILES string of the molecule is COc1ccccc1C=CC(=O)Nc1cc(C(F)(F)F)ccc1-n1cncn1. The van der Waals surface area contributed by atoms with Crippen molar-refractivity contribution in [2.24, 2.45) is 0 Å². The summed E-state index contributed by atoms with van der Waals surface area (Å²) >= 11 is 0. The Morgan fingerprint density at radius 1 is 1.21 bits per heavy atom. The third kappa shape index (κ3) is 4.37. The summed E-state index contributed by atoms with van der Waals surface area (Å²) in [6.45, 7) is 0. The summed E-state index contributed by atoms with van der Waals surface area (Å²) in [7, 11) is 1.50. The van der Waals surface area contributed by atoms with E-state index in [0.29, 0.717) is 11.3 Å². The number of nitrogens with one attached hydrogen (secondary N) is 1. The topological polar surface area (TPSA) is 69.0 Å². The number of methoxy groups -OCH3 is 1. The lowest BCUT2D eigenvalue weighted by Gasteiger charge is -2.13. The summed E-state index contributed by atoms with van der Waals surface area (Å²) in [5.74, 6) is -0.0412. The number of anilines is 1. The molecule has 1 heterocycles. The zero-order valence-electron chi connectivity index (χ0n) is 14.6. The minimum Gasteiger partial charge on any atom is -0.496 e. The summed E-state index contributed by atoms with van der Waals surface area (Å²) < 4.78 is 45.6. The van der Waals surface area contributed by atoms with E-state index in [0.717, 1.165) is 12.1 Å². The van der Waals surface area contributed by atoms with Crippen LogP contribution in [0.5, 0.6) is 5.75 Å². The monoisotopic (exact) mass is 388 g/mol. The highest BCUT2D eigenvalue weighted by molar-refractivity contribution is 6.03. The van der Waals surface area contributed by atoms with Crippen LogP contribution >= 0.6 is 0 Å². The summed E-state index contributed by atoms with van der Waals surface area (Å²) in [5.41, 5.74) is -0.0272. The number of nitrogens with zero attached hydrogens (tertiary/aromatic N) is 3. The third-order valence-corrected chi connectivity index (χ3v) is 3.80. The number of carbonyl (C=O) groups excluding carboxylic acids is 1. The van der Waals surface area contributed by atoms with Crippen LogP contribution in [0.25, 0.3) is 11.8 Å². The molecule has 3 aromatic rings. The maximum absolute atomic E-state index is 13.1. The van der Waals surface area contributed by atoms with E-state index in [9.17, 15) is 18.0 Å². The van der Waals surface area contributed by atoms with Gasteiger partial charge >= 0.3 is 6.18 Å². The molecule has 1 aromatic heterocycles. The maximum Gasteiger partial charge on any atom is 0.416 e. The van der Waals surface area contributed by atoms with E-state index < -0.39 is 17.6 Å². The fourth-order valence-electron chi connectivity index (χ4n) is 2.49. The molecule has 1 amide bonds. The van der Waals surface area contributed by atoms with Crippen LogP contribution in [0.3, 0.4) is 0 Å². The van der Waals surface area contributed by atoms with Crippen molar-refractivity contribution in [3.8, 4) is 11.4 Å². The first kappa shape index (κ1) is 19.2. The first-order valence-electron chi connectivity index (χ1n) is 8.07. The van der Waals surface area contributed by atoms with Gasteiger partial charge in [-0.05, 0) is 30.3 Å². The lowest BCUT2D eigenvalue weighted by atomic mass is 10.1. The van der Waals surface area contributed by atoms with Gasteiger partial charge in [-0.25, -0.2) is 9.67 Å². The molecule has 0 saturated carbocycles. The smallest absolute Gasteiger partial charge is 0.416 e. The van der Waals surface area contributed by atoms with E-state index in [1.165, 1.54) is 42.7 Å². The highest BCUT2D eigenvalue weighted by Crippen LogP contribution is 2.33. The molecule has 0 atom stereocenters. The second kappa shape index (κ2) is 7.95. The zero-order chi connectivity index (χ0) is 20.1. The third-order valence-electron chi connectivity index (χ3n) is 3.80. The van der Waals surface area contributed by atoms with Crippen molar-refractivity contribution in [1.82, 2.24) is 14.8 Å². The van der Waals surface area contributed by atoms with Gasteiger partial charge in [-0.2, -0.15) is 18.3 Å². The van der Waals surface area contributed by atoms with Crippen LogP contribution in [0.4, 0.5) is 18.9 Å². The van der Waals surface area contributed by atoms with Crippen molar-refractivity contribution in [2.75, 3.05) is 12.4 Å². The first-order chi connectivity index (χ1) is 13.4. The quantitative estimate of drug-likeness (QED) is 0.672. The van der Waals surface area contributed by atoms with Crippen molar-refractivity contribution in [1.29, 1.82) is 0 Å². The summed E-state index contributed by atoms with van der Waals surface area (Å²) in [6.07, 6.45) is 0.738. The number of hydrogen-bond donors (Lipinski definition) is 1. The maximum atomic E-state index is 13.1. The van der Waals surface area contributed by atoms with Crippen LogP contribution in [0, 0.1) is 0 Å². The number of aromatic nitrogens is 3. The van der Waals surface area contributed by atoms with Gasteiger partial charge in [0.25, 0.3) is 0 Å². The number of halogens is 3. The lowest BCUT2D eigenvalue weighted by molar-refractivity contribution is -0.137. The van der Waals surface area contributed by atoms with Gasteiger partial charge in [0.15, 0.2) is 0 Å². The molecule has 0 unspecified atom stereocenters. The molecule has 0 spiro atoms. The van der Waals surface area contributed by atoms with Gasteiger partial charge in [-0.1, -0.05) is 18.2 Å². The van der Waals surface area contributed by atoms with Crippen molar-refractivity contribution in [3.05, 3.63) is 72.3 Å². The van der Waals surface area contributed by atoms with Gasteiger partial charge in [0, 0.05) is 11.6 Å². The average Bonchev–Trinajstić information content (AvgIpc) is 3.20. The molecule has 2 aromatic carbocycles. The van der Waals surface area contributed by atoms with E-state index >= 15 is 0 Å². The Bertz CT molecular complexity index is 999. The zero-order valence-corrected chi connectivity index (χ0v) is 14.6. The van der Waals surface area contributed by atoms with Crippen LogP contribution in [-0.4, -0.2) is 27.8 Å². The molecule has 3 rings (SSSR count). The molecule has 144 valence electrons. The van der Waals surface area contributed by atoms with E-state index in [1.54, 1.807) is 24.3 Å². The molecule has 0 fully saturated rings. The van der Waals surface area contributed by atoms with Crippen molar-refractivity contribution < 1.29 is 22.7 Å². The Labute approximate surface area is 158 Å². The Balaban J connectivity index is 1.89. The molecular formula is C19H15F3N4O2. The molecule has 9 heteroatoms. The van der Waals surface area contributed by atoms with E-state index in [2.05, 4.69) is 15.4 Å². The summed E-state index contributed by atoms with van der Waals surface area (Å²) in [5, 5.41) is 6.36. The molecule has 0 aliphatic carbocycles. The number of amides is 1. The Kier molecular flexibility index (Phi) is 5.44. The normalized spacial score (nSPS) is 11.6. The molecule has 0 aliphatic rings. The summed E-state index contributed by atoms with van der Waals surface area (Å²) in [4.78, 5) is 16.1. The Hall–Kier alpha value is -3.62. The van der Waals surface area contributed by atoms with Crippen LogP contribution in [0.2, 0.25) is 0 Å². The number of alkyl halides is 3. The fraction of sp³-hybridized carbons (Fsp3) is 0.105. The van der Waals surface area contributed by atoms with E-state index in [-0.39, 0.29) is 11.4 Å². The molecule has 6 nitrogen and oxygen atoms in total. The fourth-order valence-corrected chi connectivity index (χ4v) is 2.49.